The molecule has 10 aromatic carbocycles. The van der Waals surface area contributed by atoms with Gasteiger partial charge in [0.1, 0.15) is 65.7 Å². The first kappa shape index (κ1) is 69.3. The summed E-state index contributed by atoms with van der Waals surface area (Å²) in [6, 6.07) is 49.9. The zero-order valence-corrected chi connectivity index (χ0v) is 63.2. The number of aromatic nitrogens is 8. The van der Waals surface area contributed by atoms with Gasteiger partial charge in [-0.3, -0.25) is 0 Å². The fraction of sp³-hybridized carbons (Fsp3) is 0.150. The van der Waals surface area contributed by atoms with Crippen molar-refractivity contribution in [2.75, 3.05) is 0 Å². The number of nitrogens with one attached hydrogen (secondary N) is 2. The number of hydrogen-bond acceptors (Lipinski definition) is 10. The van der Waals surface area contributed by atoms with E-state index in [0.29, 0.717) is 23.0 Å². The molecule has 2 aliphatic heterocycles. The monoisotopic (exact) mass is 1610 g/mol. The second-order valence-electron chi connectivity index (χ2n) is 25.6. The van der Waals surface area contributed by atoms with Crippen molar-refractivity contribution in [2.45, 2.75) is 76.0 Å². The summed E-state index contributed by atoms with van der Waals surface area (Å²) >= 11 is 91.8. The molecule has 0 atom stereocenters. The SMILES string of the molecule is Clc1c(Cl)c2c(c(Cl)c1Oc1ccccc1-c1ccccc1)-c1nc-2nc2[nH]c(nc3nc(nc4[nH]c(n1)c1c(Cl)c(Cl)c(Oc5ccccc5-c5ccccc5)c(Cl)c41)-c1c(Cl)c(Cl)c(Oc4ccccc4C4CCCCC4)c(Cl)c1-3)c1c(Cl)c(Oc3ccccc3C3CCCCC3)c(Cl)c(Cl)c21. The van der Waals surface area contributed by atoms with Crippen LogP contribution in [0.1, 0.15) is 87.2 Å². The molecule has 12 nitrogen and oxygen atoms in total. The molecule has 2 N–H and O–H groups in total. The van der Waals surface area contributed by atoms with Crippen LogP contribution in [-0.4, -0.2) is 39.9 Å². The van der Waals surface area contributed by atoms with Gasteiger partial charge in [0.2, 0.25) is 0 Å². The Balaban J connectivity index is 0.979. The molecule has 3 aromatic heterocycles. The molecule has 5 heterocycles. The van der Waals surface area contributed by atoms with E-state index in [-0.39, 0.29) is 185 Å². The van der Waals surface area contributed by atoms with Crippen LogP contribution in [-0.2, 0) is 0 Å². The third-order valence-corrected chi connectivity index (χ3v) is 24.2. The second kappa shape index (κ2) is 28.5. The van der Waals surface area contributed by atoms with Crippen molar-refractivity contribution >= 4 is 183 Å². The maximum Gasteiger partial charge on any atom is 0.166 e. The molecule has 8 bridgehead atoms. The van der Waals surface area contributed by atoms with Crippen LogP contribution in [0.25, 0.3) is 112 Å². The quantitative estimate of drug-likeness (QED) is 0.113. The van der Waals surface area contributed by atoms with Crippen LogP contribution in [0, 0.1) is 0 Å². The Morgan fingerprint density at radius 2 is 0.538 bits per heavy atom. The molecular weight excluding hydrogens is 1560 g/mol. The molecule has 24 heteroatoms. The molecule has 0 unspecified atom stereocenters. The van der Waals surface area contributed by atoms with Crippen molar-refractivity contribution in [1.82, 2.24) is 39.9 Å². The summed E-state index contributed by atoms with van der Waals surface area (Å²) in [5.41, 5.74) is 5.78. The van der Waals surface area contributed by atoms with Gasteiger partial charge in [-0.15, -0.1) is 0 Å². The minimum Gasteiger partial charge on any atom is -0.454 e. The summed E-state index contributed by atoms with van der Waals surface area (Å²) in [4.78, 5) is 38.5. The average Bonchev–Trinajstić information content (AvgIpc) is 1.55. The molecule has 0 radical (unpaired) electrons. The lowest BCUT2D eigenvalue weighted by Crippen LogP contribution is -2.06. The van der Waals surface area contributed by atoms with Crippen molar-refractivity contribution in [3.05, 3.63) is 229 Å². The van der Waals surface area contributed by atoms with Crippen LogP contribution in [0.3, 0.4) is 0 Å². The Labute approximate surface area is 655 Å². The number of hydrogen-bond donors (Lipinski definition) is 2. The van der Waals surface area contributed by atoms with Gasteiger partial charge in [0.25, 0.3) is 0 Å². The molecule has 0 spiro atoms. The van der Waals surface area contributed by atoms with Crippen molar-refractivity contribution in [3.63, 3.8) is 0 Å². The zero-order chi connectivity index (χ0) is 71.3. The molecule has 2 fully saturated rings. The van der Waals surface area contributed by atoms with Crippen molar-refractivity contribution in [1.29, 1.82) is 0 Å². The zero-order valence-electron chi connectivity index (χ0n) is 54.1. The number of rotatable bonds is 12. The van der Waals surface area contributed by atoms with E-state index in [1.54, 1.807) is 12.1 Å². The summed E-state index contributed by atoms with van der Waals surface area (Å²) < 4.78 is 27.5. The van der Waals surface area contributed by atoms with Crippen molar-refractivity contribution < 1.29 is 18.9 Å². The van der Waals surface area contributed by atoms with Gasteiger partial charge in [-0.05, 0) is 84.0 Å². The minimum atomic E-state index is -0.0876. The number of para-hydroxylation sites is 4. The number of halogens is 12. The first-order valence-electron chi connectivity index (χ1n) is 33.4. The largest absolute Gasteiger partial charge is 0.454 e. The van der Waals surface area contributed by atoms with Crippen LogP contribution >= 0.6 is 139 Å². The molecular formula is C80H50Cl12N8O4. The molecule has 0 saturated heterocycles. The molecule has 17 rings (SSSR count). The smallest absolute Gasteiger partial charge is 0.166 e. The highest BCUT2D eigenvalue weighted by atomic mass is 35.5. The number of H-pyrrole nitrogens is 2. The Bertz CT molecular complexity index is 5910. The van der Waals surface area contributed by atoms with E-state index in [4.69, 9.17) is 188 Å². The first-order chi connectivity index (χ1) is 50.6. The van der Waals surface area contributed by atoms with E-state index in [2.05, 4.69) is 22.1 Å². The third-order valence-electron chi connectivity index (χ3n) is 19.5. The van der Waals surface area contributed by atoms with Crippen LogP contribution in [0.15, 0.2) is 158 Å². The molecule has 104 heavy (non-hydrogen) atoms. The maximum absolute atomic E-state index is 7.83. The lowest BCUT2D eigenvalue weighted by molar-refractivity contribution is 0.419. The summed E-state index contributed by atoms with van der Waals surface area (Å²) in [6.07, 6.45) is 10.5. The van der Waals surface area contributed by atoms with Gasteiger partial charge in [0.15, 0.2) is 46.3 Å². The third kappa shape index (κ3) is 12.1. The molecule has 0 amide bonds. The van der Waals surface area contributed by atoms with Crippen LogP contribution < -0.4 is 18.9 Å². The second-order valence-corrected chi connectivity index (χ2v) is 30.1. The van der Waals surface area contributed by atoms with E-state index >= 15 is 0 Å². The highest BCUT2D eigenvalue weighted by Gasteiger charge is 2.37. The van der Waals surface area contributed by atoms with E-state index in [9.17, 15) is 0 Å². The summed E-state index contributed by atoms with van der Waals surface area (Å²) in [7, 11) is 0. The Morgan fingerprint density at radius 3 is 0.904 bits per heavy atom. The highest BCUT2D eigenvalue weighted by molar-refractivity contribution is 6.53. The topological polar surface area (TPSA) is 146 Å². The summed E-state index contributed by atoms with van der Waals surface area (Å²) in [5.74, 6) is 2.05. The average molecular weight is 1610 g/mol. The minimum absolute atomic E-state index is 0.00270. The van der Waals surface area contributed by atoms with E-state index in [0.717, 1.165) is 97.6 Å². The first-order valence-corrected chi connectivity index (χ1v) is 38.0. The Morgan fingerprint density at radius 1 is 0.260 bits per heavy atom. The van der Waals surface area contributed by atoms with Gasteiger partial charge in [-0.2, -0.15) is 0 Å². The van der Waals surface area contributed by atoms with Gasteiger partial charge >= 0.3 is 0 Å². The molecule has 13 aromatic rings. The fourth-order valence-corrected chi connectivity index (χ4v) is 18.0. The van der Waals surface area contributed by atoms with Crippen LogP contribution in [0.2, 0.25) is 60.3 Å². The molecule has 2 aliphatic carbocycles. The molecule has 4 aliphatic rings. The Hall–Kier alpha value is -7.76. The standard InChI is InChI=1S/C80H50Cl12N8O4/c81-57-49-53(61(85)69(65(57)89)101-45-33-17-13-29-41(45)37-21-5-1-6-22-37)77-94-73(49)93-74-50-55(63(87)71(66(90)58(50)82)103-47-35-19-15-31-43(47)39-25-9-3-10-26-39)79(95-74)100-80-56-52(60(84)68(92)72(64(56)88)104-48-36-20-16-32-44(48)40-27-11-4-12-28-40)76(99-80)98-78-54-51(75(96-77)97-78)59(83)67(91)70(62(54)86)102-46-34-18-14-30-42(46)38-23-7-2-8-24-38/h1-2,5-8,13-24,29-36,39-40H,3-4,9-12,25-28H2,(H2,93,94,95,96,97,98,99,100). The van der Waals surface area contributed by atoms with Gasteiger partial charge in [-0.25, -0.2) is 29.9 Å². The summed E-state index contributed by atoms with van der Waals surface area (Å²) in [6.45, 7) is 0. The van der Waals surface area contributed by atoms with Gasteiger partial charge in [-0.1, -0.05) is 311 Å². The number of aromatic amines is 2. The predicted octanol–water partition coefficient (Wildman–Crippen LogP) is 29.3. The fourth-order valence-electron chi connectivity index (χ4n) is 14.5. The predicted molar refractivity (Wildman–Crippen MR) is 425 cm³/mol. The lowest BCUT2D eigenvalue weighted by atomic mass is 9.84. The van der Waals surface area contributed by atoms with Gasteiger partial charge < -0.3 is 28.9 Å². The van der Waals surface area contributed by atoms with E-state index in [1.165, 1.54) is 0 Å². The number of fused-ring (bicyclic) bond motifs is 20. The maximum atomic E-state index is 7.83. The van der Waals surface area contributed by atoms with Crippen LogP contribution in [0.5, 0.6) is 46.0 Å². The Kier molecular flexibility index (Phi) is 19.0. The lowest BCUT2D eigenvalue weighted by Gasteiger charge is -2.24. The van der Waals surface area contributed by atoms with Crippen LogP contribution in [0.4, 0.5) is 0 Å². The highest BCUT2D eigenvalue weighted by Crippen LogP contribution is 2.59. The van der Waals surface area contributed by atoms with Crippen molar-refractivity contribution in [2.24, 2.45) is 0 Å². The number of benzene rings is 10. The number of ether oxygens (including phenoxy) is 4. The molecule has 2 saturated carbocycles. The van der Waals surface area contributed by atoms with E-state index in [1.807, 2.05) is 133 Å². The van der Waals surface area contributed by atoms with Crippen molar-refractivity contribution in [3.8, 4) is 114 Å². The van der Waals surface area contributed by atoms with E-state index < -0.39 is 0 Å². The van der Waals surface area contributed by atoms with Gasteiger partial charge in [0, 0.05) is 11.1 Å². The molecule has 518 valence electrons. The van der Waals surface area contributed by atoms with Gasteiger partial charge in [0.05, 0.1) is 84.0 Å². The number of nitrogens with zero attached hydrogens (tertiary/aromatic N) is 6. The summed E-state index contributed by atoms with van der Waals surface area (Å²) in [5, 5.41) is 0.0754. The normalized spacial score (nSPS) is 13.9.